The van der Waals surface area contributed by atoms with Gasteiger partial charge in [-0.1, -0.05) is 117 Å². The summed E-state index contributed by atoms with van der Waals surface area (Å²) in [5, 5.41) is 9.46. The fourth-order valence-corrected chi connectivity index (χ4v) is 8.10. The first-order chi connectivity index (χ1) is 28.7. The number of ether oxygens (including phenoxy) is 5. The summed E-state index contributed by atoms with van der Waals surface area (Å²) in [4.78, 5) is 64.7. The van der Waals surface area contributed by atoms with Gasteiger partial charge in [-0.3, -0.25) is 24.0 Å². The van der Waals surface area contributed by atoms with Gasteiger partial charge in [0.2, 0.25) is 0 Å². The maximum absolute atomic E-state index is 12.9. The van der Waals surface area contributed by atoms with Gasteiger partial charge in [0.15, 0.2) is 0 Å². The average Bonchev–Trinajstić information content (AvgIpc) is 3.23. The second-order valence-electron chi connectivity index (χ2n) is 18.4. The number of hydrogen-bond acceptors (Lipinski definition) is 12. The largest absolute Gasteiger partial charge is 0.498 e. The van der Waals surface area contributed by atoms with Crippen molar-refractivity contribution in [1.82, 2.24) is 4.90 Å². The van der Waals surface area contributed by atoms with Crippen LogP contribution in [0.2, 0.25) is 0 Å². The van der Waals surface area contributed by atoms with E-state index in [0.29, 0.717) is 42.3 Å². The van der Waals surface area contributed by atoms with Crippen LogP contribution in [0, 0.1) is 47.3 Å². The van der Waals surface area contributed by atoms with E-state index in [-0.39, 0.29) is 82.8 Å². The lowest BCUT2D eigenvalue weighted by molar-refractivity contribution is -0.151. The summed E-state index contributed by atoms with van der Waals surface area (Å²) in [6.07, 6.45) is 17.1. The highest BCUT2D eigenvalue weighted by atomic mass is 32.2. The van der Waals surface area contributed by atoms with E-state index in [4.69, 9.17) is 23.7 Å². The van der Waals surface area contributed by atoms with E-state index >= 15 is 0 Å². The van der Waals surface area contributed by atoms with Gasteiger partial charge in [-0.25, -0.2) is 0 Å². The molecule has 0 aromatic carbocycles. The Morgan fingerprint density at radius 1 is 0.600 bits per heavy atom. The molecular formula is C47H81NO11S. The normalized spacial score (nSPS) is 20.7. The summed E-state index contributed by atoms with van der Waals surface area (Å²) in [6.45, 7) is 15.1. The van der Waals surface area contributed by atoms with Gasteiger partial charge in [0, 0.05) is 32.4 Å². The zero-order valence-electron chi connectivity index (χ0n) is 38.1. The van der Waals surface area contributed by atoms with Crippen LogP contribution in [0.25, 0.3) is 0 Å². The highest BCUT2D eigenvalue weighted by molar-refractivity contribution is 8.12. The smallest absolute Gasteiger partial charge is 0.307 e. The molecule has 1 amide bonds. The number of esters is 4. The Hall–Kier alpha value is -2.80. The first-order valence-corrected chi connectivity index (χ1v) is 24.3. The number of hydrogen-bond donors (Lipinski definition) is 1. The minimum absolute atomic E-state index is 0.0228. The number of thioether (sulfide) groups is 1. The van der Waals surface area contributed by atoms with Crippen molar-refractivity contribution in [1.29, 1.82) is 0 Å². The number of carbonyl (C=O) groups excluding carboxylic acids is 5. The van der Waals surface area contributed by atoms with Crippen molar-refractivity contribution in [3.63, 3.8) is 0 Å². The Morgan fingerprint density at radius 2 is 1.02 bits per heavy atom. The Morgan fingerprint density at radius 3 is 1.43 bits per heavy atom. The van der Waals surface area contributed by atoms with E-state index in [1.807, 2.05) is 0 Å². The van der Waals surface area contributed by atoms with Gasteiger partial charge in [0.25, 0.3) is 5.24 Å². The van der Waals surface area contributed by atoms with E-state index in [9.17, 15) is 29.1 Å². The van der Waals surface area contributed by atoms with Gasteiger partial charge in [-0.2, -0.15) is 0 Å². The van der Waals surface area contributed by atoms with Crippen LogP contribution in [0.1, 0.15) is 150 Å². The summed E-state index contributed by atoms with van der Waals surface area (Å²) in [7, 11) is 0. The number of allylic oxidation sites excluding steroid dienone is 1. The zero-order valence-corrected chi connectivity index (χ0v) is 38.9. The molecule has 13 heteroatoms. The van der Waals surface area contributed by atoms with E-state index in [1.165, 1.54) is 37.0 Å². The molecule has 0 aromatic rings. The third-order valence-corrected chi connectivity index (χ3v) is 12.9. The van der Waals surface area contributed by atoms with Gasteiger partial charge in [0.1, 0.15) is 13.2 Å². The second kappa shape index (κ2) is 31.1. The molecule has 60 heavy (non-hydrogen) atoms. The van der Waals surface area contributed by atoms with Crippen LogP contribution < -0.4 is 0 Å². The molecule has 2 rings (SSSR count). The van der Waals surface area contributed by atoms with Crippen molar-refractivity contribution in [2.45, 2.75) is 150 Å². The first kappa shape index (κ1) is 53.3. The lowest BCUT2D eigenvalue weighted by atomic mass is 9.81. The number of carbonyl (C=O) groups is 5. The minimum atomic E-state index is -0.579. The molecule has 0 heterocycles. The summed E-state index contributed by atoms with van der Waals surface area (Å²) in [5.74, 6) is 1.80. The number of aliphatic hydroxyl groups is 1. The van der Waals surface area contributed by atoms with Crippen molar-refractivity contribution in [3.05, 3.63) is 12.3 Å². The van der Waals surface area contributed by atoms with Crippen LogP contribution in [0.3, 0.4) is 0 Å². The summed E-state index contributed by atoms with van der Waals surface area (Å²) in [5.41, 5.74) is 0. The maximum atomic E-state index is 12.9. The quantitative estimate of drug-likeness (QED) is 0.0415. The van der Waals surface area contributed by atoms with Crippen molar-refractivity contribution >= 4 is 40.9 Å². The summed E-state index contributed by atoms with van der Waals surface area (Å²) in [6, 6.07) is 0. The van der Waals surface area contributed by atoms with Crippen LogP contribution in [-0.2, 0) is 42.9 Å². The predicted molar refractivity (Wildman–Crippen MR) is 236 cm³/mol. The van der Waals surface area contributed by atoms with Crippen LogP contribution in [-0.4, -0.2) is 98.1 Å². The molecule has 1 N–H and O–H groups in total. The van der Waals surface area contributed by atoms with Crippen molar-refractivity contribution in [2.75, 3.05) is 59.0 Å². The molecule has 0 spiro atoms. The molecule has 0 aliphatic heterocycles. The molecule has 0 radical (unpaired) electrons. The van der Waals surface area contributed by atoms with E-state index in [2.05, 4.69) is 41.2 Å². The SMILES string of the molecule is C=C(CCC(C)CCC(C)C)OCC(COC(=O)CCC1CCC(C)CC1)COC(=O)CCN(CCC(=O)OCC(CO)COC(=O)CCC1CCC(C)CC1)C(=O)SC. The summed E-state index contributed by atoms with van der Waals surface area (Å²) >= 11 is 0.967. The third-order valence-electron chi connectivity index (χ3n) is 12.2. The molecule has 12 nitrogen and oxygen atoms in total. The lowest BCUT2D eigenvalue weighted by Crippen LogP contribution is -2.33. The molecule has 0 bridgehead atoms. The van der Waals surface area contributed by atoms with Crippen LogP contribution >= 0.6 is 11.8 Å². The van der Waals surface area contributed by atoms with E-state index < -0.39 is 23.8 Å². The van der Waals surface area contributed by atoms with Crippen LogP contribution in [0.5, 0.6) is 0 Å². The fraction of sp³-hybridized carbons (Fsp3) is 0.851. The third kappa shape index (κ3) is 25.2. The molecule has 346 valence electrons. The van der Waals surface area contributed by atoms with Crippen molar-refractivity contribution < 1.29 is 52.8 Å². The fourth-order valence-electron chi connectivity index (χ4n) is 7.66. The first-order valence-electron chi connectivity index (χ1n) is 23.0. The van der Waals surface area contributed by atoms with Crippen LogP contribution in [0.15, 0.2) is 12.3 Å². The Balaban J connectivity index is 1.79. The minimum Gasteiger partial charge on any atom is -0.498 e. The summed E-state index contributed by atoms with van der Waals surface area (Å²) < 4.78 is 28.0. The highest BCUT2D eigenvalue weighted by Gasteiger charge is 2.24. The molecule has 2 saturated carbocycles. The van der Waals surface area contributed by atoms with Gasteiger partial charge in [-0.15, -0.1) is 0 Å². The number of amides is 1. The molecule has 3 unspecified atom stereocenters. The molecule has 0 saturated heterocycles. The van der Waals surface area contributed by atoms with Gasteiger partial charge < -0.3 is 33.7 Å². The highest BCUT2D eigenvalue weighted by Crippen LogP contribution is 2.32. The Labute approximate surface area is 366 Å². The molecule has 3 atom stereocenters. The predicted octanol–water partition coefficient (Wildman–Crippen LogP) is 9.54. The van der Waals surface area contributed by atoms with Gasteiger partial charge in [0.05, 0.1) is 56.9 Å². The topological polar surface area (TPSA) is 155 Å². The van der Waals surface area contributed by atoms with Gasteiger partial charge >= 0.3 is 23.9 Å². The number of nitrogens with zero attached hydrogens (tertiary/aromatic N) is 1. The average molecular weight is 868 g/mol. The molecule has 2 aliphatic rings. The Kier molecular flexibility index (Phi) is 27.6. The van der Waals surface area contributed by atoms with Crippen LogP contribution in [0.4, 0.5) is 4.79 Å². The Bertz CT molecular complexity index is 1260. The van der Waals surface area contributed by atoms with Gasteiger partial charge in [-0.05, 0) is 61.0 Å². The molecular weight excluding hydrogens is 787 g/mol. The zero-order chi connectivity index (χ0) is 44.3. The monoisotopic (exact) mass is 868 g/mol. The van der Waals surface area contributed by atoms with E-state index in [1.54, 1.807) is 6.26 Å². The number of rotatable bonds is 30. The number of aliphatic hydroxyl groups excluding tert-OH is 1. The maximum Gasteiger partial charge on any atom is 0.307 e. The second-order valence-corrected chi connectivity index (χ2v) is 19.2. The molecule has 0 aromatic heterocycles. The molecule has 2 fully saturated rings. The van der Waals surface area contributed by atoms with E-state index in [0.717, 1.165) is 81.4 Å². The van der Waals surface area contributed by atoms with Crippen molar-refractivity contribution in [3.8, 4) is 0 Å². The molecule has 2 aliphatic carbocycles. The standard InChI is InChI=1S/C47H81NO11S/c1-34(2)8-9-35(3)10-15-38(6)55-31-42(32-58-44(51)23-21-40-18-13-37(5)14-19-40)33-59-46(53)25-27-48(47(54)60-7)26-24-45(52)57-30-41(28-49)29-56-43(50)22-20-39-16-11-36(4)12-17-39/h34-37,39-42,49H,6,8-33H2,1-5,7H3. The van der Waals surface area contributed by atoms with Crippen molar-refractivity contribution in [2.24, 2.45) is 47.3 Å². The lowest BCUT2D eigenvalue weighted by Gasteiger charge is -2.25.